The van der Waals surface area contributed by atoms with Crippen molar-refractivity contribution in [3.8, 4) is 6.07 Å². The molecule has 9 rings (SSSR count). The summed E-state index contributed by atoms with van der Waals surface area (Å²) >= 11 is 0. The topological polar surface area (TPSA) is 174 Å². The van der Waals surface area contributed by atoms with Crippen molar-refractivity contribution in [2.45, 2.75) is 83.3 Å². The van der Waals surface area contributed by atoms with Crippen LogP contribution < -0.4 is 20.9 Å². The van der Waals surface area contributed by atoms with Crippen LogP contribution in [0.5, 0.6) is 0 Å². The van der Waals surface area contributed by atoms with E-state index in [0.29, 0.717) is 56.2 Å². The first-order valence-corrected chi connectivity index (χ1v) is 22.2. The van der Waals surface area contributed by atoms with Gasteiger partial charge in [-0.15, -0.1) is 0 Å². The quantitative estimate of drug-likeness (QED) is 0.125. The van der Waals surface area contributed by atoms with Gasteiger partial charge in [-0.25, -0.2) is 0 Å². The van der Waals surface area contributed by atoms with E-state index in [2.05, 4.69) is 74.6 Å². The Labute approximate surface area is 362 Å². The number of H-pyrrole nitrogens is 1. The molecule has 3 fully saturated rings. The van der Waals surface area contributed by atoms with Crippen molar-refractivity contribution in [1.29, 1.82) is 5.26 Å². The first-order valence-electron chi connectivity index (χ1n) is 22.2. The Morgan fingerprint density at radius 3 is 2.47 bits per heavy atom. The lowest BCUT2D eigenvalue weighted by molar-refractivity contribution is -0.137. The first-order chi connectivity index (χ1) is 29.9. The fraction of sp³-hybridized carbons (Fsp3) is 0.458. The molecule has 4 amide bonds. The van der Waals surface area contributed by atoms with Gasteiger partial charge >= 0.3 is 0 Å². The van der Waals surface area contributed by atoms with Crippen molar-refractivity contribution in [1.82, 2.24) is 30.3 Å². The van der Waals surface area contributed by atoms with Crippen molar-refractivity contribution < 1.29 is 24.0 Å². The number of nitrogens with one attached hydrogen (secondary N) is 4. The number of nitriles is 1. The highest BCUT2D eigenvalue weighted by Gasteiger charge is 2.42. The maximum atomic E-state index is 14.1. The van der Waals surface area contributed by atoms with Gasteiger partial charge in [0.15, 0.2) is 5.78 Å². The zero-order valence-electron chi connectivity index (χ0n) is 35.9. The van der Waals surface area contributed by atoms with Gasteiger partial charge in [0.2, 0.25) is 17.7 Å². The summed E-state index contributed by atoms with van der Waals surface area (Å²) in [5.41, 5.74) is 9.11. The first kappa shape index (κ1) is 41.3. The van der Waals surface area contributed by atoms with E-state index in [9.17, 15) is 29.2 Å². The van der Waals surface area contributed by atoms with Gasteiger partial charge in [-0.2, -0.15) is 5.26 Å². The molecular weight excluding hydrogens is 783 g/mol. The molecule has 4 aromatic rings. The molecule has 1 aromatic heterocycles. The highest BCUT2D eigenvalue weighted by molar-refractivity contribution is 6.20. The molecule has 14 nitrogen and oxygen atoms in total. The second-order valence-corrected chi connectivity index (χ2v) is 18.0. The number of hydrogen-bond donors (Lipinski definition) is 4. The van der Waals surface area contributed by atoms with Crippen molar-refractivity contribution in [2.24, 2.45) is 0 Å². The number of aromatic nitrogens is 1. The van der Waals surface area contributed by atoms with Gasteiger partial charge < -0.3 is 25.4 Å². The van der Waals surface area contributed by atoms with Crippen LogP contribution >= 0.6 is 0 Å². The van der Waals surface area contributed by atoms with Crippen molar-refractivity contribution in [3.63, 3.8) is 0 Å². The predicted molar refractivity (Wildman–Crippen MR) is 236 cm³/mol. The van der Waals surface area contributed by atoms with E-state index < -0.39 is 17.4 Å². The molecule has 3 aromatic carbocycles. The van der Waals surface area contributed by atoms with Crippen LogP contribution in [-0.2, 0) is 32.8 Å². The fourth-order valence-corrected chi connectivity index (χ4v) is 10.5. The van der Waals surface area contributed by atoms with E-state index in [0.717, 1.165) is 103 Å². The van der Waals surface area contributed by atoms with Gasteiger partial charge in [-0.1, -0.05) is 32.9 Å². The molecule has 3 saturated heterocycles. The molecule has 4 N–H and O–H groups in total. The molecule has 1 aliphatic carbocycles. The Balaban J connectivity index is 0.727. The molecular formula is C48H55N9O5. The molecule has 0 saturated carbocycles. The standard InChI is InChI=1S/C48H55N9O5/c1-4-30-24-34-36(48(2,3)45-43(44(34)60)33-10-9-29(26-49)23-38(33)52-45)25-40(30)56-17-13-31(14-18-56)55-21-19-54(20-22-55)28-42(59)51-16-6-15-50-37-8-5-7-32-35(37)27-57(47(32)62)39-11-12-41(58)53-46(39)61/h5,7-10,23-25,31,39,50,52H,4,6,11-22,27-28H2,1-3H3,(H,51,59)(H,53,58,61). The van der Waals surface area contributed by atoms with E-state index in [4.69, 9.17) is 0 Å². The third kappa shape index (κ3) is 7.51. The zero-order chi connectivity index (χ0) is 43.3. The van der Waals surface area contributed by atoms with Crippen molar-refractivity contribution in [2.75, 3.05) is 69.1 Å². The van der Waals surface area contributed by atoms with E-state index in [1.54, 1.807) is 17.0 Å². The summed E-state index contributed by atoms with van der Waals surface area (Å²) in [6.45, 7) is 13.8. The Hall–Kier alpha value is -6.04. The van der Waals surface area contributed by atoms with Crippen LogP contribution in [0.4, 0.5) is 11.4 Å². The molecule has 0 spiro atoms. The Morgan fingerprint density at radius 1 is 0.935 bits per heavy atom. The molecule has 0 bridgehead atoms. The fourth-order valence-electron chi connectivity index (χ4n) is 10.5. The number of benzene rings is 3. The smallest absolute Gasteiger partial charge is 0.255 e. The lowest BCUT2D eigenvalue weighted by atomic mass is 9.70. The summed E-state index contributed by atoms with van der Waals surface area (Å²) < 4.78 is 0. The van der Waals surface area contributed by atoms with Crippen LogP contribution in [0.3, 0.4) is 0 Å². The maximum absolute atomic E-state index is 14.1. The predicted octanol–water partition coefficient (Wildman–Crippen LogP) is 4.44. The molecule has 5 heterocycles. The summed E-state index contributed by atoms with van der Waals surface area (Å²) in [6.07, 6.45) is 4.21. The lowest BCUT2D eigenvalue weighted by Crippen LogP contribution is -2.54. The maximum Gasteiger partial charge on any atom is 0.255 e. The Kier molecular flexibility index (Phi) is 11.1. The number of aromatic amines is 1. The summed E-state index contributed by atoms with van der Waals surface area (Å²) in [5.74, 6) is -0.855. The normalized spacial score (nSPS) is 20.5. The number of piperidine rings is 2. The minimum Gasteiger partial charge on any atom is -0.385 e. The minimum atomic E-state index is -0.651. The molecule has 5 aliphatic rings. The molecule has 14 heteroatoms. The number of rotatable bonds is 11. The number of anilines is 2. The highest BCUT2D eigenvalue weighted by atomic mass is 16.2. The Morgan fingerprint density at radius 2 is 1.73 bits per heavy atom. The lowest BCUT2D eigenvalue weighted by Gasteiger charge is -2.44. The van der Waals surface area contributed by atoms with Gasteiger partial charge in [-0.05, 0) is 79.6 Å². The van der Waals surface area contributed by atoms with Gasteiger partial charge in [-0.3, -0.25) is 39.1 Å². The van der Waals surface area contributed by atoms with E-state index in [1.165, 1.54) is 11.3 Å². The monoisotopic (exact) mass is 837 g/mol. The van der Waals surface area contributed by atoms with Crippen LogP contribution in [0, 0.1) is 11.3 Å². The van der Waals surface area contributed by atoms with Crippen molar-refractivity contribution >= 4 is 51.7 Å². The third-order valence-electron chi connectivity index (χ3n) is 14.0. The second-order valence-electron chi connectivity index (χ2n) is 18.0. The number of piperazine rings is 1. The zero-order valence-corrected chi connectivity index (χ0v) is 35.9. The summed E-state index contributed by atoms with van der Waals surface area (Å²) in [6, 6.07) is 17.5. The molecule has 62 heavy (non-hydrogen) atoms. The van der Waals surface area contributed by atoms with Gasteiger partial charge in [0.1, 0.15) is 6.04 Å². The molecule has 4 aliphatic heterocycles. The third-order valence-corrected chi connectivity index (χ3v) is 14.0. The van der Waals surface area contributed by atoms with Crippen LogP contribution in [0.1, 0.15) is 107 Å². The van der Waals surface area contributed by atoms with E-state index >= 15 is 0 Å². The molecule has 1 atom stereocenters. The second kappa shape index (κ2) is 16.7. The average molecular weight is 838 g/mol. The van der Waals surface area contributed by atoms with Gasteiger partial charge in [0.05, 0.1) is 23.7 Å². The Bertz CT molecular complexity index is 2520. The van der Waals surface area contributed by atoms with E-state index in [-0.39, 0.29) is 29.9 Å². The molecule has 0 radical (unpaired) electrons. The number of imide groups is 1. The summed E-state index contributed by atoms with van der Waals surface area (Å²) in [7, 11) is 0. The summed E-state index contributed by atoms with van der Waals surface area (Å²) in [4.78, 5) is 76.7. The average Bonchev–Trinajstić information content (AvgIpc) is 3.84. The number of carbonyl (C=O) groups is 5. The summed E-state index contributed by atoms with van der Waals surface area (Å²) in [5, 5.41) is 19.2. The van der Waals surface area contributed by atoms with E-state index in [1.807, 2.05) is 24.3 Å². The minimum absolute atomic E-state index is 0.0217. The number of aryl methyl sites for hydroxylation is 1. The number of nitrogens with zero attached hydrogens (tertiary/aromatic N) is 5. The number of fused-ring (bicyclic) bond motifs is 5. The molecule has 322 valence electrons. The van der Waals surface area contributed by atoms with Crippen LogP contribution in [0.15, 0.2) is 48.5 Å². The number of amides is 4. The SMILES string of the molecule is CCc1cc2c(cc1N1CCC(N3CCN(CC(=O)NCCCNc4cccc5c4CN(C4CCC(=O)NC4=O)C5=O)CC3)CC1)C(C)(C)c1[nH]c3cc(C#N)ccc3c1C2=O. The number of carbonyl (C=O) groups excluding carboxylic acids is 5. The highest BCUT2D eigenvalue weighted by Crippen LogP contribution is 2.46. The van der Waals surface area contributed by atoms with Crippen LogP contribution in [0.25, 0.3) is 10.9 Å². The van der Waals surface area contributed by atoms with Gasteiger partial charge in [0, 0.05) is 121 Å². The van der Waals surface area contributed by atoms with Crippen LogP contribution in [-0.4, -0.2) is 120 Å². The number of hydrogen-bond acceptors (Lipinski definition) is 10. The van der Waals surface area contributed by atoms with Crippen molar-refractivity contribution in [3.05, 3.63) is 93.2 Å². The van der Waals surface area contributed by atoms with Gasteiger partial charge in [0.25, 0.3) is 5.91 Å². The molecule has 1 unspecified atom stereocenters. The van der Waals surface area contributed by atoms with Crippen LogP contribution in [0.2, 0.25) is 0 Å². The largest absolute Gasteiger partial charge is 0.385 e. The number of ketones is 1.